The van der Waals surface area contributed by atoms with Crippen LogP contribution in [0.25, 0.3) is 0 Å². The van der Waals surface area contributed by atoms with Gasteiger partial charge in [0, 0.05) is 5.56 Å². The van der Waals surface area contributed by atoms with Gasteiger partial charge >= 0.3 is 0 Å². The minimum Gasteiger partial charge on any atom is -0.768 e. The third-order valence-corrected chi connectivity index (χ3v) is 4.39. The van der Waals surface area contributed by atoms with Gasteiger partial charge in [0.15, 0.2) is 5.13 Å². The lowest BCUT2D eigenvalue weighted by Gasteiger charge is -2.05. The van der Waals surface area contributed by atoms with E-state index in [0.29, 0.717) is 17.5 Å². The van der Waals surface area contributed by atoms with Gasteiger partial charge in [-0.2, -0.15) is 0 Å². The quantitative estimate of drug-likeness (QED) is 0.840. The molecule has 0 radical (unpaired) electrons. The monoisotopic (exact) mass is 311 g/mol. The Morgan fingerprint density at radius 2 is 2.30 bits per heavy atom. The number of rotatable bonds is 4. The Kier molecular flexibility index (Phi) is 4.48. The van der Waals surface area contributed by atoms with Crippen molar-refractivity contribution in [3.8, 4) is 5.75 Å². The maximum absolute atomic E-state index is 12.0. The molecule has 0 saturated heterocycles. The van der Waals surface area contributed by atoms with Crippen molar-refractivity contribution < 1.29 is 18.7 Å². The van der Waals surface area contributed by atoms with E-state index in [0.717, 1.165) is 11.3 Å². The largest absolute Gasteiger partial charge is 0.768 e. The number of phenolic OH excluding ortho intramolecular Hbond substituents is 1. The lowest BCUT2D eigenvalue weighted by molar-refractivity contribution is 0.102. The fraction of sp³-hybridized carbons (Fsp3) is 0.167. The van der Waals surface area contributed by atoms with Gasteiger partial charge in [-0.1, -0.05) is 18.3 Å². The number of thiazole rings is 1. The lowest BCUT2D eigenvalue weighted by Crippen LogP contribution is -2.11. The van der Waals surface area contributed by atoms with E-state index < -0.39 is 17.0 Å². The van der Waals surface area contributed by atoms with E-state index in [9.17, 15) is 18.7 Å². The number of aryl methyl sites for hydroxylation is 1. The highest BCUT2D eigenvalue weighted by molar-refractivity contribution is 7.81. The predicted molar refractivity (Wildman–Crippen MR) is 74.7 cm³/mol. The van der Waals surface area contributed by atoms with Gasteiger partial charge in [-0.05, 0) is 41.3 Å². The van der Waals surface area contributed by atoms with Crippen LogP contribution in [-0.4, -0.2) is 24.8 Å². The number of carbonyl (C=O) groups excluding carboxylic acids is 1. The van der Waals surface area contributed by atoms with Crippen LogP contribution < -0.4 is 5.32 Å². The maximum Gasteiger partial charge on any atom is 0.257 e. The molecule has 2 N–H and O–H groups in total. The van der Waals surface area contributed by atoms with Crippen LogP contribution >= 0.6 is 11.3 Å². The fourth-order valence-electron chi connectivity index (χ4n) is 1.57. The molecule has 0 aliphatic carbocycles. The summed E-state index contributed by atoms with van der Waals surface area (Å²) >= 11 is -1.48. The standard InChI is InChI=1S/C12H12N2O4S2/c1-2-7-5-8(3-4-9(7)15)11(16)14-12-13-6-10(19-12)20(17)18/h3-6,15H,2H2,1H3,(H,17,18)(H,13,14,16)/p-1. The predicted octanol–water partition coefficient (Wildman–Crippen LogP) is 1.90. The third kappa shape index (κ3) is 3.21. The van der Waals surface area contributed by atoms with Gasteiger partial charge in [0.05, 0.1) is 10.4 Å². The molecule has 0 fully saturated rings. The average Bonchev–Trinajstić information content (AvgIpc) is 2.88. The molecule has 6 nitrogen and oxygen atoms in total. The number of benzene rings is 1. The number of hydrogen-bond donors (Lipinski definition) is 2. The Morgan fingerprint density at radius 3 is 2.90 bits per heavy atom. The molecule has 0 aliphatic heterocycles. The van der Waals surface area contributed by atoms with Crippen molar-refractivity contribution in [2.24, 2.45) is 0 Å². The van der Waals surface area contributed by atoms with Crippen LogP contribution in [0.2, 0.25) is 0 Å². The number of aromatic nitrogens is 1. The summed E-state index contributed by atoms with van der Waals surface area (Å²) in [5.74, 6) is -0.264. The highest BCUT2D eigenvalue weighted by atomic mass is 32.2. The minimum atomic E-state index is -2.35. The summed E-state index contributed by atoms with van der Waals surface area (Å²) < 4.78 is 21.5. The van der Waals surface area contributed by atoms with Crippen molar-refractivity contribution in [3.63, 3.8) is 0 Å². The zero-order valence-electron chi connectivity index (χ0n) is 10.5. The number of nitrogens with one attached hydrogen (secondary N) is 1. The highest BCUT2D eigenvalue weighted by Crippen LogP contribution is 2.23. The lowest BCUT2D eigenvalue weighted by atomic mass is 10.1. The van der Waals surface area contributed by atoms with Crippen molar-refractivity contribution in [1.29, 1.82) is 0 Å². The number of aromatic hydroxyl groups is 1. The van der Waals surface area contributed by atoms with E-state index in [1.54, 1.807) is 6.07 Å². The SMILES string of the molecule is CCc1cc(C(=O)Nc2ncc(S(=O)[O-])s2)ccc1O. The number of anilines is 1. The first-order chi connectivity index (χ1) is 9.51. The molecule has 106 valence electrons. The van der Waals surface area contributed by atoms with Crippen molar-refractivity contribution in [2.45, 2.75) is 17.6 Å². The van der Waals surface area contributed by atoms with Crippen molar-refractivity contribution in [1.82, 2.24) is 4.98 Å². The zero-order valence-corrected chi connectivity index (χ0v) is 12.1. The second kappa shape index (κ2) is 6.12. The van der Waals surface area contributed by atoms with Gasteiger partial charge in [0.25, 0.3) is 5.91 Å². The summed E-state index contributed by atoms with van der Waals surface area (Å²) in [6.07, 6.45) is 1.78. The third-order valence-electron chi connectivity index (χ3n) is 2.59. The highest BCUT2D eigenvalue weighted by Gasteiger charge is 2.11. The van der Waals surface area contributed by atoms with Crippen molar-refractivity contribution >= 4 is 33.5 Å². The van der Waals surface area contributed by atoms with Crippen LogP contribution in [0.15, 0.2) is 28.6 Å². The fourth-order valence-corrected chi connectivity index (χ4v) is 2.77. The molecule has 0 aliphatic rings. The van der Waals surface area contributed by atoms with Crippen LogP contribution in [-0.2, 0) is 17.5 Å². The Hall–Kier alpha value is -1.77. The zero-order chi connectivity index (χ0) is 14.7. The minimum absolute atomic E-state index is 0.0558. The van der Waals surface area contributed by atoms with Crippen LogP contribution in [0, 0.1) is 0 Å². The molecule has 0 saturated carbocycles. The Morgan fingerprint density at radius 1 is 1.55 bits per heavy atom. The maximum atomic E-state index is 12.0. The normalized spacial score (nSPS) is 12.1. The first-order valence-electron chi connectivity index (χ1n) is 5.69. The van der Waals surface area contributed by atoms with Gasteiger partial charge in [0.1, 0.15) is 5.75 Å². The molecule has 8 heteroatoms. The van der Waals surface area contributed by atoms with Gasteiger partial charge in [-0.3, -0.25) is 14.3 Å². The van der Waals surface area contributed by atoms with Crippen LogP contribution in [0.5, 0.6) is 5.75 Å². The molecule has 1 unspecified atom stereocenters. The van der Waals surface area contributed by atoms with E-state index in [4.69, 9.17) is 0 Å². The van der Waals surface area contributed by atoms with Gasteiger partial charge in [-0.25, -0.2) is 4.98 Å². The number of carbonyl (C=O) groups is 1. The molecule has 20 heavy (non-hydrogen) atoms. The smallest absolute Gasteiger partial charge is 0.257 e. The van der Waals surface area contributed by atoms with E-state index in [2.05, 4.69) is 10.3 Å². The first-order valence-corrected chi connectivity index (χ1v) is 7.58. The van der Waals surface area contributed by atoms with E-state index in [-0.39, 0.29) is 15.1 Å². The van der Waals surface area contributed by atoms with E-state index >= 15 is 0 Å². The van der Waals surface area contributed by atoms with E-state index in [1.807, 2.05) is 6.92 Å². The van der Waals surface area contributed by atoms with Crippen molar-refractivity contribution in [2.75, 3.05) is 5.32 Å². The topological polar surface area (TPSA) is 102 Å². The molecule has 1 atom stereocenters. The van der Waals surface area contributed by atoms with Gasteiger partial charge in [0.2, 0.25) is 0 Å². The second-order valence-electron chi connectivity index (χ2n) is 3.87. The summed E-state index contributed by atoms with van der Waals surface area (Å²) in [6.45, 7) is 1.87. The Labute approximate surface area is 121 Å². The van der Waals surface area contributed by atoms with Crippen LogP contribution in [0.1, 0.15) is 22.8 Å². The molecule has 1 aromatic carbocycles. The molecular weight excluding hydrogens is 300 g/mol. The Balaban J connectivity index is 2.17. The molecule has 1 amide bonds. The Bertz CT molecular complexity index is 669. The van der Waals surface area contributed by atoms with Crippen molar-refractivity contribution in [3.05, 3.63) is 35.5 Å². The number of amides is 1. The summed E-state index contributed by atoms with van der Waals surface area (Å²) in [6, 6.07) is 4.53. The molecule has 0 spiro atoms. The summed E-state index contributed by atoms with van der Waals surface area (Å²) in [5, 5.41) is 12.3. The second-order valence-corrected chi connectivity index (χ2v) is 6.07. The van der Waals surface area contributed by atoms with E-state index in [1.165, 1.54) is 18.3 Å². The molecular formula is C12H11N2O4S2-. The first kappa shape index (κ1) is 14.6. The average molecular weight is 311 g/mol. The number of phenols is 1. The molecule has 1 heterocycles. The molecule has 2 rings (SSSR count). The summed E-state index contributed by atoms with van der Waals surface area (Å²) in [5.41, 5.74) is 1.04. The number of hydrogen-bond acceptors (Lipinski definition) is 6. The number of nitrogens with zero attached hydrogens (tertiary/aromatic N) is 1. The molecule has 0 bridgehead atoms. The summed E-state index contributed by atoms with van der Waals surface area (Å²) in [7, 11) is 0. The van der Waals surface area contributed by atoms with Crippen LogP contribution in [0.4, 0.5) is 5.13 Å². The van der Waals surface area contributed by atoms with Crippen LogP contribution in [0.3, 0.4) is 0 Å². The van der Waals surface area contributed by atoms with Gasteiger partial charge in [-0.15, -0.1) is 0 Å². The molecule has 1 aromatic heterocycles. The molecule has 2 aromatic rings. The van der Waals surface area contributed by atoms with Gasteiger partial charge < -0.3 is 9.66 Å². The summed E-state index contributed by atoms with van der Waals surface area (Å²) in [4.78, 5) is 15.8.